The first-order valence-corrected chi connectivity index (χ1v) is 9.47. The topological polar surface area (TPSA) is 42.0 Å². The van der Waals surface area contributed by atoms with Crippen molar-refractivity contribution >= 4 is 17.2 Å². The Hall–Kier alpha value is -2.46. The van der Waals surface area contributed by atoms with E-state index in [0.717, 1.165) is 34.7 Å². The predicted octanol–water partition coefficient (Wildman–Crippen LogP) is 4.62. The summed E-state index contributed by atoms with van der Waals surface area (Å²) in [7, 11) is 0. The fourth-order valence-electron chi connectivity index (χ4n) is 2.65. The lowest BCUT2D eigenvalue weighted by atomic mass is 10.1. The van der Waals surface area contributed by atoms with Crippen LogP contribution in [0, 0.1) is 0 Å². The van der Waals surface area contributed by atoms with E-state index >= 15 is 0 Å². The van der Waals surface area contributed by atoms with Crippen molar-refractivity contribution < 1.29 is 4.79 Å². The first-order chi connectivity index (χ1) is 12.2. The molecule has 3 nitrogen and oxygen atoms in total. The third kappa shape index (κ3) is 5.00. The van der Waals surface area contributed by atoms with Crippen LogP contribution in [0.3, 0.4) is 0 Å². The van der Waals surface area contributed by atoms with Crippen molar-refractivity contribution in [1.29, 1.82) is 0 Å². The molecule has 2 aromatic carbocycles. The molecule has 0 aliphatic rings. The molecule has 0 saturated carbocycles. The Kier molecular flexibility index (Phi) is 5.96. The molecule has 3 aromatic rings. The number of amides is 1. The number of hydrogen-bond acceptors (Lipinski definition) is 3. The summed E-state index contributed by atoms with van der Waals surface area (Å²) in [4.78, 5) is 16.7. The lowest BCUT2D eigenvalue weighted by Crippen LogP contribution is -2.24. The van der Waals surface area contributed by atoms with Gasteiger partial charge in [0.2, 0.25) is 5.91 Å². The van der Waals surface area contributed by atoms with Gasteiger partial charge in [-0.2, -0.15) is 0 Å². The highest BCUT2D eigenvalue weighted by molar-refractivity contribution is 7.10. The van der Waals surface area contributed by atoms with E-state index < -0.39 is 0 Å². The van der Waals surface area contributed by atoms with E-state index in [9.17, 15) is 4.79 Å². The quantitative estimate of drug-likeness (QED) is 0.675. The van der Waals surface area contributed by atoms with Gasteiger partial charge >= 0.3 is 0 Å². The predicted molar refractivity (Wildman–Crippen MR) is 104 cm³/mol. The van der Waals surface area contributed by atoms with Crippen LogP contribution in [0.2, 0.25) is 0 Å². The highest BCUT2D eigenvalue weighted by atomic mass is 32.1. The normalized spacial score (nSPS) is 10.6. The van der Waals surface area contributed by atoms with Crippen molar-refractivity contribution in [2.45, 2.75) is 32.7 Å². The molecule has 0 unspecified atom stereocenters. The van der Waals surface area contributed by atoms with Crippen LogP contribution in [0.4, 0.5) is 0 Å². The molecule has 0 bridgehead atoms. The molecule has 128 valence electrons. The minimum Gasteiger partial charge on any atom is -0.352 e. The molecule has 0 radical (unpaired) electrons. The monoisotopic (exact) mass is 350 g/mol. The standard InChI is InChI=1S/C21H22N2OS/c1-2-6-16-9-11-18(12-10-16)19-15-25-21(23-19)13-20(24)22-14-17-7-4-3-5-8-17/h3-5,7-12,15H,2,6,13-14H2,1H3,(H,22,24). The van der Waals surface area contributed by atoms with Crippen molar-refractivity contribution in [3.05, 3.63) is 76.1 Å². The lowest BCUT2D eigenvalue weighted by molar-refractivity contribution is -0.120. The van der Waals surface area contributed by atoms with Crippen LogP contribution in [0.1, 0.15) is 29.5 Å². The van der Waals surface area contributed by atoms with Crippen LogP contribution >= 0.6 is 11.3 Å². The van der Waals surface area contributed by atoms with Gasteiger partial charge in [0.25, 0.3) is 0 Å². The molecule has 3 rings (SSSR count). The number of thiazole rings is 1. The minimum absolute atomic E-state index is 0.00282. The van der Waals surface area contributed by atoms with Crippen molar-refractivity contribution in [1.82, 2.24) is 10.3 Å². The van der Waals surface area contributed by atoms with Gasteiger partial charge in [0.15, 0.2) is 0 Å². The Morgan fingerprint density at radius 2 is 1.80 bits per heavy atom. The van der Waals surface area contributed by atoms with E-state index in [1.54, 1.807) is 0 Å². The number of carbonyl (C=O) groups is 1. The van der Waals surface area contributed by atoms with E-state index in [0.29, 0.717) is 13.0 Å². The fraction of sp³-hybridized carbons (Fsp3) is 0.238. The number of benzene rings is 2. The molecule has 1 aromatic heterocycles. The summed E-state index contributed by atoms with van der Waals surface area (Å²) in [6.45, 7) is 2.74. The van der Waals surface area contributed by atoms with Crippen molar-refractivity contribution in [2.75, 3.05) is 0 Å². The van der Waals surface area contributed by atoms with Crippen LogP contribution in [0.5, 0.6) is 0 Å². The third-order valence-corrected chi connectivity index (χ3v) is 4.83. The molecule has 4 heteroatoms. The maximum atomic E-state index is 12.1. The van der Waals surface area contributed by atoms with Crippen molar-refractivity contribution in [3.63, 3.8) is 0 Å². The van der Waals surface area contributed by atoms with Gasteiger partial charge in [-0.25, -0.2) is 4.98 Å². The van der Waals surface area contributed by atoms with Gasteiger partial charge in [-0.1, -0.05) is 67.9 Å². The van der Waals surface area contributed by atoms with Crippen LogP contribution in [-0.2, 0) is 24.2 Å². The van der Waals surface area contributed by atoms with Gasteiger partial charge in [0.1, 0.15) is 5.01 Å². The van der Waals surface area contributed by atoms with Gasteiger partial charge in [0, 0.05) is 17.5 Å². The molecule has 0 atom stereocenters. The zero-order valence-corrected chi connectivity index (χ0v) is 15.2. The first kappa shape index (κ1) is 17.4. The molecular formula is C21H22N2OS. The Labute approximate surface area is 152 Å². The summed E-state index contributed by atoms with van der Waals surface area (Å²) in [5.74, 6) is 0.00282. The average Bonchev–Trinajstić information content (AvgIpc) is 3.10. The summed E-state index contributed by atoms with van der Waals surface area (Å²) < 4.78 is 0. The van der Waals surface area contributed by atoms with Gasteiger partial charge in [-0.3, -0.25) is 4.79 Å². The molecule has 25 heavy (non-hydrogen) atoms. The number of carbonyl (C=O) groups excluding carboxylic acids is 1. The fourth-order valence-corrected chi connectivity index (χ4v) is 3.45. The van der Waals surface area contributed by atoms with Crippen molar-refractivity contribution in [3.8, 4) is 11.3 Å². The van der Waals surface area contributed by atoms with E-state index in [1.165, 1.54) is 16.9 Å². The second-order valence-electron chi connectivity index (χ2n) is 6.01. The van der Waals surface area contributed by atoms with Gasteiger partial charge in [0.05, 0.1) is 12.1 Å². The Bertz CT molecular complexity index is 809. The molecule has 1 N–H and O–H groups in total. The summed E-state index contributed by atoms with van der Waals surface area (Å²) in [6.07, 6.45) is 2.58. The first-order valence-electron chi connectivity index (χ1n) is 8.59. The number of nitrogens with one attached hydrogen (secondary N) is 1. The summed E-state index contributed by atoms with van der Waals surface area (Å²) >= 11 is 1.54. The molecule has 0 aliphatic carbocycles. The van der Waals surface area contributed by atoms with Gasteiger partial charge < -0.3 is 5.32 Å². The number of nitrogens with zero attached hydrogens (tertiary/aromatic N) is 1. The lowest BCUT2D eigenvalue weighted by Gasteiger charge is -2.04. The van der Waals surface area contributed by atoms with Gasteiger partial charge in [-0.05, 0) is 17.5 Å². The van der Waals surface area contributed by atoms with E-state index in [2.05, 4.69) is 41.5 Å². The van der Waals surface area contributed by atoms with Crippen LogP contribution in [-0.4, -0.2) is 10.9 Å². The molecule has 0 fully saturated rings. The van der Waals surface area contributed by atoms with E-state index in [1.807, 2.05) is 35.7 Å². The third-order valence-electron chi connectivity index (χ3n) is 3.98. The maximum absolute atomic E-state index is 12.1. The Balaban J connectivity index is 1.56. The Morgan fingerprint density at radius 3 is 2.52 bits per heavy atom. The second-order valence-corrected chi connectivity index (χ2v) is 6.96. The highest BCUT2D eigenvalue weighted by Crippen LogP contribution is 2.23. The Morgan fingerprint density at radius 1 is 1.04 bits per heavy atom. The molecule has 0 saturated heterocycles. The van der Waals surface area contributed by atoms with Crippen LogP contribution in [0.25, 0.3) is 11.3 Å². The smallest absolute Gasteiger partial charge is 0.227 e. The SMILES string of the molecule is CCCc1ccc(-c2csc(CC(=O)NCc3ccccc3)n2)cc1. The molecule has 0 aliphatic heterocycles. The summed E-state index contributed by atoms with van der Waals surface area (Å²) in [6, 6.07) is 18.5. The maximum Gasteiger partial charge on any atom is 0.227 e. The van der Waals surface area contributed by atoms with Gasteiger partial charge in [-0.15, -0.1) is 11.3 Å². The summed E-state index contributed by atoms with van der Waals surface area (Å²) in [5, 5.41) is 5.81. The minimum atomic E-state index is 0.00282. The van der Waals surface area contributed by atoms with Crippen LogP contribution in [0.15, 0.2) is 60.0 Å². The largest absolute Gasteiger partial charge is 0.352 e. The van der Waals surface area contributed by atoms with E-state index in [-0.39, 0.29) is 5.91 Å². The van der Waals surface area contributed by atoms with Crippen molar-refractivity contribution in [2.24, 2.45) is 0 Å². The zero-order chi connectivity index (χ0) is 17.5. The number of aromatic nitrogens is 1. The van der Waals surface area contributed by atoms with E-state index in [4.69, 9.17) is 0 Å². The molecule has 1 heterocycles. The average molecular weight is 350 g/mol. The molecule has 0 spiro atoms. The zero-order valence-electron chi connectivity index (χ0n) is 14.4. The summed E-state index contributed by atoms with van der Waals surface area (Å²) in [5.41, 5.74) is 4.50. The van der Waals surface area contributed by atoms with Crippen LogP contribution < -0.4 is 5.32 Å². The second kappa shape index (κ2) is 8.58. The molecule has 1 amide bonds. The number of aryl methyl sites for hydroxylation is 1. The highest BCUT2D eigenvalue weighted by Gasteiger charge is 2.09. The number of hydrogen-bond donors (Lipinski definition) is 1. The molecular weight excluding hydrogens is 328 g/mol. The number of rotatable bonds is 7.